The van der Waals surface area contributed by atoms with Crippen LogP contribution in [0.4, 0.5) is 0 Å². The number of rotatable bonds is 4. The van der Waals surface area contributed by atoms with Gasteiger partial charge in [0.1, 0.15) is 6.04 Å². The summed E-state index contributed by atoms with van der Waals surface area (Å²) in [5, 5.41) is 17.2. The number of pyridine rings is 1. The molecule has 0 fully saturated rings. The van der Waals surface area contributed by atoms with Crippen LogP contribution in [-0.4, -0.2) is 37.5 Å². The fourth-order valence-corrected chi connectivity index (χ4v) is 2.02. The summed E-state index contributed by atoms with van der Waals surface area (Å²) >= 11 is 1.28. The highest BCUT2D eigenvalue weighted by atomic mass is 32.2. The summed E-state index contributed by atoms with van der Waals surface area (Å²) in [5.74, 6) is -0.744. The molecule has 0 radical (unpaired) electrons. The lowest BCUT2D eigenvalue weighted by Gasteiger charge is -2.03. The second-order valence-electron chi connectivity index (χ2n) is 3.17. The summed E-state index contributed by atoms with van der Waals surface area (Å²) < 4.78 is 1.79. The van der Waals surface area contributed by atoms with E-state index in [1.807, 2.05) is 24.4 Å². The first-order valence-electron chi connectivity index (χ1n) is 4.59. The van der Waals surface area contributed by atoms with Gasteiger partial charge in [-0.15, -0.1) is 10.2 Å². The molecular weight excluding hydrogens is 228 g/mol. The number of carboxylic acid groups (broad SMARTS) is 1. The largest absolute Gasteiger partial charge is 0.480 e. The molecule has 0 saturated carbocycles. The molecule has 16 heavy (non-hydrogen) atoms. The molecule has 2 rings (SSSR count). The lowest BCUT2D eigenvalue weighted by Crippen LogP contribution is -2.32. The number of hydrogen-bond donors (Lipinski definition) is 2. The molecule has 6 nitrogen and oxygen atoms in total. The average molecular weight is 238 g/mol. The van der Waals surface area contributed by atoms with E-state index in [0.717, 1.165) is 5.65 Å². The summed E-state index contributed by atoms with van der Waals surface area (Å²) in [7, 11) is 0. The third-order valence-corrected chi connectivity index (χ3v) is 3.05. The first-order valence-corrected chi connectivity index (χ1v) is 5.58. The monoisotopic (exact) mass is 238 g/mol. The van der Waals surface area contributed by atoms with Gasteiger partial charge in [-0.05, 0) is 12.1 Å². The van der Waals surface area contributed by atoms with Gasteiger partial charge in [0.25, 0.3) is 0 Å². The minimum Gasteiger partial charge on any atom is -0.480 e. The molecule has 0 amide bonds. The number of fused-ring (bicyclic) bond motifs is 1. The normalized spacial score (nSPS) is 12.8. The number of nitrogens with zero attached hydrogens (tertiary/aromatic N) is 3. The maximum atomic E-state index is 10.5. The molecule has 7 heteroatoms. The predicted molar refractivity (Wildman–Crippen MR) is 59.3 cm³/mol. The van der Waals surface area contributed by atoms with E-state index in [1.165, 1.54) is 11.8 Å². The average Bonchev–Trinajstić information content (AvgIpc) is 2.69. The summed E-state index contributed by atoms with van der Waals surface area (Å²) in [6, 6.07) is 4.66. The van der Waals surface area contributed by atoms with Crippen LogP contribution in [0, 0.1) is 0 Å². The van der Waals surface area contributed by atoms with E-state index in [-0.39, 0.29) is 5.75 Å². The third-order valence-electron chi connectivity index (χ3n) is 1.99. The van der Waals surface area contributed by atoms with Gasteiger partial charge in [-0.2, -0.15) is 0 Å². The van der Waals surface area contributed by atoms with Crippen LogP contribution in [0.2, 0.25) is 0 Å². The number of carboxylic acids is 1. The van der Waals surface area contributed by atoms with Crippen LogP contribution in [0.5, 0.6) is 0 Å². The minimum absolute atomic E-state index is 0.269. The van der Waals surface area contributed by atoms with Crippen LogP contribution < -0.4 is 5.73 Å². The maximum absolute atomic E-state index is 10.5. The lowest BCUT2D eigenvalue weighted by molar-refractivity contribution is -0.137. The zero-order valence-electron chi connectivity index (χ0n) is 8.28. The van der Waals surface area contributed by atoms with Crippen molar-refractivity contribution in [2.24, 2.45) is 5.73 Å². The fraction of sp³-hybridized carbons (Fsp3) is 0.222. The van der Waals surface area contributed by atoms with E-state index < -0.39 is 12.0 Å². The molecule has 0 aromatic carbocycles. The number of nitrogens with two attached hydrogens (primary N) is 1. The standard InChI is InChI=1S/C9H10N4O2S/c10-6(8(14)15)5-16-9-12-11-7-3-1-2-4-13(7)9/h1-4,6H,5,10H2,(H,14,15). The Hall–Kier alpha value is -1.60. The topological polar surface area (TPSA) is 93.5 Å². The van der Waals surface area contributed by atoms with Gasteiger partial charge >= 0.3 is 5.97 Å². The molecule has 84 valence electrons. The van der Waals surface area contributed by atoms with Gasteiger partial charge in [0, 0.05) is 11.9 Å². The molecule has 1 atom stereocenters. The number of aliphatic carboxylic acids is 1. The van der Waals surface area contributed by atoms with Crippen molar-refractivity contribution >= 4 is 23.4 Å². The fourth-order valence-electron chi connectivity index (χ4n) is 1.15. The van der Waals surface area contributed by atoms with Crippen molar-refractivity contribution in [2.75, 3.05) is 5.75 Å². The van der Waals surface area contributed by atoms with Gasteiger partial charge < -0.3 is 10.8 Å². The van der Waals surface area contributed by atoms with Gasteiger partial charge in [0.2, 0.25) is 0 Å². The van der Waals surface area contributed by atoms with Crippen molar-refractivity contribution in [1.29, 1.82) is 0 Å². The van der Waals surface area contributed by atoms with Crippen molar-refractivity contribution in [3.05, 3.63) is 24.4 Å². The Morgan fingerprint density at radius 3 is 3.12 bits per heavy atom. The molecule has 1 unspecified atom stereocenters. The Morgan fingerprint density at radius 2 is 2.38 bits per heavy atom. The summed E-state index contributed by atoms with van der Waals surface area (Å²) in [6.07, 6.45) is 1.82. The van der Waals surface area contributed by atoms with Crippen molar-refractivity contribution < 1.29 is 9.90 Å². The molecule has 2 aromatic heterocycles. The molecule has 2 heterocycles. The van der Waals surface area contributed by atoms with Gasteiger partial charge in [-0.1, -0.05) is 17.8 Å². The van der Waals surface area contributed by atoms with Crippen LogP contribution in [0.15, 0.2) is 29.6 Å². The second kappa shape index (κ2) is 4.50. The van der Waals surface area contributed by atoms with E-state index in [2.05, 4.69) is 10.2 Å². The molecule has 0 aliphatic heterocycles. The maximum Gasteiger partial charge on any atom is 0.321 e. The third kappa shape index (κ3) is 2.15. The molecule has 0 spiro atoms. The van der Waals surface area contributed by atoms with Crippen molar-refractivity contribution in [1.82, 2.24) is 14.6 Å². The summed E-state index contributed by atoms with van der Waals surface area (Å²) in [6.45, 7) is 0. The smallest absolute Gasteiger partial charge is 0.321 e. The Kier molecular flexibility index (Phi) is 3.07. The molecule has 0 bridgehead atoms. The second-order valence-corrected chi connectivity index (χ2v) is 4.15. The van der Waals surface area contributed by atoms with Crippen molar-refractivity contribution in [2.45, 2.75) is 11.2 Å². The highest BCUT2D eigenvalue weighted by molar-refractivity contribution is 7.99. The number of thioether (sulfide) groups is 1. The van der Waals surface area contributed by atoms with Crippen molar-refractivity contribution in [3.63, 3.8) is 0 Å². The van der Waals surface area contributed by atoms with Crippen LogP contribution in [-0.2, 0) is 4.79 Å². The van der Waals surface area contributed by atoms with E-state index in [4.69, 9.17) is 10.8 Å². The first-order chi connectivity index (χ1) is 7.68. The molecule has 2 aromatic rings. The Labute approximate surface area is 95.5 Å². The summed E-state index contributed by atoms with van der Waals surface area (Å²) in [4.78, 5) is 10.5. The summed E-state index contributed by atoms with van der Waals surface area (Å²) in [5.41, 5.74) is 6.13. The van der Waals surface area contributed by atoms with Crippen LogP contribution >= 0.6 is 11.8 Å². The van der Waals surface area contributed by atoms with Crippen LogP contribution in [0.3, 0.4) is 0 Å². The van der Waals surface area contributed by atoms with Gasteiger partial charge in [-0.25, -0.2) is 0 Å². The van der Waals surface area contributed by atoms with Gasteiger partial charge in [-0.3, -0.25) is 9.20 Å². The molecule has 0 saturated heterocycles. The van der Waals surface area contributed by atoms with E-state index in [0.29, 0.717) is 5.16 Å². The quantitative estimate of drug-likeness (QED) is 0.741. The highest BCUT2D eigenvalue weighted by Gasteiger charge is 2.13. The Bertz CT molecular complexity index is 513. The Balaban J connectivity index is 2.13. The predicted octanol–water partition coefficient (Wildman–Crippen LogP) is 0.233. The molecule has 0 aliphatic carbocycles. The van der Waals surface area contributed by atoms with Crippen LogP contribution in [0.1, 0.15) is 0 Å². The van der Waals surface area contributed by atoms with Gasteiger partial charge in [0.15, 0.2) is 10.8 Å². The highest BCUT2D eigenvalue weighted by Crippen LogP contribution is 2.16. The van der Waals surface area contributed by atoms with E-state index in [9.17, 15) is 4.79 Å². The molecular formula is C9H10N4O2S. The number of hydrogen-bond acceptors (Lipinski definition) is 5. The molecule has 3 N–H and O–H groups in total. The van der Waals surface area contributed by atoms with Crippen LogP contribution in [0.25, 0.3) is 5.65 Å². The Morgan fingerprint density at radius 1 is 1.56 bits per heavy atom. The first kappa shape index (κ1) is 10.9. The minimum atomic E-state index is -1.01. The van der Waals surface area contributed by atoms with Gasteiger partial charge in [0.05, 0.1) is 0 Å². The zero-order chi connectivity index (χ0) is 11.5. The zero-order valence-corrected chi connectivity index (χ0v) is 9.09. The molecule has 0 aliphatic rings. The number of aromatic nitrogens is 3. The SMILES string of the molecule is NC(CSc1nnc2ccccn12)C(=O)O. The van der Waals surface area contributed by atoms with E-state index in [1.54, 1.807) is 4.40 Å². The van der Waals surface area contributed by atoms with E-state index >= 15 is 0 Å². The number of carbonyl (C=O) groups is 1. The lowest BCUT2D eigenvalue weighted by atomic mass is 10.4. The van der Waals surface area contributed by atoms with Crippen molar-refractivity contribution in [3.8, 4) is 0 Å².